The molecule has 0 N–H and O–H groups in total. The van der Waals surface area contributed by atoms with Crippen molar-refractivity contribution in [1.82, 2.24) is 0 Å². The second-order valence-electron chi connectivity index (χ2n) is 10.3. The summed E-state index contributed by atoms with van der Waals surface area (Å²) in [6, 6.07) is 3.90. The molecule has 0 bridgehead atoms. The largest absolute Gasteiger partial charge is 0.493 e. The van der Waals surface area contributed by atoms with Crippen LogP contribution in [0.3, 0.4) is 0 Å². The lowest BCUT2D eigenvalue weighted by Gasteiger charge is -2.36. The summed E-state index contributed by atoms with van der Waals surface area (Å²) in [7, 11) is -1.52. The second-order valence-corrected chi connectivity index (χ2v) is 17.1. The third-order valence-corrected chi connectivity index (χ3v) is 11.1. The van der Waals surface area contributed by atoms with Crippen LogP contribution in [0.1, 0.15) is 66.5 Å². The predicted molar refractivity (Wildman–Crippen MR) is 131 cm³/mol. The highest BCUT2D eigenvalue weighted by atomic mass is 32.2. The highest BCUT2D eigenvalue weighted by Crippen LogP contribution is 2.37. The summed E-state index contributed by atoms with van der Waals surface area (Å²) in [4.78, 5) is 0. The van der Waals surface area contributed by atoms with E-state index in [0.717, 1.165) is 11.1 Å². The normalized spacial score (nSPS) is 14.4. The van der Waals surface area contributed by atoms with Gasteiger partial charge in [0.25, 0.3) is 0 Å². The average molecular weight is 456 g/mol. The van der Waals surface area contributed by atoms with Gasteiger partial charge in [0.05, 0.1) is 18.0 Å². The van der Waals surface area contributed by atoms with Crippen LogP contribution in [-0.4, -0.2) is 43.3 Å². The highest BCUT2D eigenvalue weighted by molar-refractivity contribution is 7.85. The summed E-state index contributed by atoms with van der Waals surface area (Å²) in [6.45, 7) is 21.5. The Hall–Kier alpha value is -1.18. The molecule has 0 aliphatic rings. The van der Waals surface area contributed by atoms with Crippen LogP contribution in [-0.2, 0) is 21.8 Å². The van der Waals surface area contributed by atoms with Crippen molar-refractivity contribution in [2.45, 2.75) is 90.8 Å². The second kappa shape index (κ2) is 10.4. The van der Waals surface area contributed by atoms with Crippen molar-refractivity contribution < 1.29 is 18.1 Å². The Morgan fingerprint density at radius 1 is 1.10 bits per heavy atom. The van der Waals surface area contributed by atoms with E-state index in [9.17, 15) is 4.21 Å². The first-order valence-electron chi connectivity index (χ1n) is 10.6. The number of hydrogen-bond acceptors (Lipinski definition) is 4. The summed E-state index contributed by atoms with van der Waals surface area (Å²) in [6.07, 6.45) is 2.42. The zero-order valence-electron chi connectivity index (χ0n) is 20.7. The Bertz CT molecular complexity index is 762. The molecule has 7 heteroatoms. The van der Waals surface area contributed by atoms with Crippen molar-refractivity contribution in [3.8, 4) is 11.5 Å². The van der Waals surface area contributed by atoms with E-state index in [1.807, 2.05) is 46.8 Å². The topological polar surface area (TPSA) is 57.1 Å². The average Bonchev–Trinajstić information content (AvgIpc) is 2.58. The molecule has 0 saturated heterocycles. The number of nitrogens with zero attached hydrogens (tertiary/aromatic N) is 1. The van der Waals surface area contributed by atoms with Gasteiger partial charge >= 0.3 is 0 Å². The van der Waals surface area contributed by atoms with Gasteiger partial charge in [-0.15, -0.1) is 0 Å². The van der Waals surface area contributed by atoms with Gasteiger partial charge in [0.1, 0.15) is 11.0 Å². The van der Waals surface area contributed by atoms with E-state index in [-0.39, 0.29) is 11.1 Å². The lowest BCUT2D eigenvalue weighted by Crippen LogP contribution is -2.41. The smallest absolute Gasteiger partial charge is 0.191 e. The van der Waals surface area contributed by atoms with E-state index in [0.29, 0.717) is 24.5 Å². The van der Waals surface area contributed by atoms with Gasteiger partial charge in [-0.2, -0.15) is 4.40 Å². The molecular weight excluding hydrogens is 414 g/mol. The van der Waals surface area contributed by atoms with Crippen LogP contribution < -0.4 is 9.47 Å². The Morgan fingerprint density at radius 3 is 2.17 bits per heavy atom. The van der Waals surface area contributed by atoms with Gasteiger partial charge in [-0.05, 0) is 76.9 Å². The van der Waals surface area contributed by atoms with Crippen molar-refractivity contribution in [1.29, 1.82) is 0 Å². The predicted octanol–water partition coefficient (Wildman–Crippen LogP) is 5.93. The number of benzene rings is 1. The quantitative estimate of drug-likeness (QED) is 0.342. The first-order chi connectivity index (χ1) is 13.6. The van der Waals surface area contributed by atoms with Crippen LogP contribution in [0.5, 0.6) is 11.5 Å². The zero-order chi connectivity index (χ0) is 23.3. The van der Waals surface area contributed by atoms with E-state index in [4.69, 9.17) is 13.9 Å². The van der Waals surface area contributed by atoms with E-state index in [1.165, 1.54) is 0 Å². The maximum Gasteiger partial charge on any atom is 0.191 e. The number of ether oxygens (including phenoxy) is 2. The molecule has 0 aliphatic heterocycles. The third kappa shape index (κ3) is 7.82. The molecule has 1 unspecified atom stereocenters. The first kappa shape index (κ1) is 26.9. The van der Waals surface area contributed by atoms with Gasteiger partial charge in [0.2, 0.25) is 0 Å². The lowest BCUT2D eigenvalue weighted by molar-refractivity contribution is 0.230. The molecule has 30 heavy (non-hydrogen) atoms. The van der Waals surface area contributed by atoms with Crippen molar-refractivity contribution in [3.05, 3.63) is 23.3 Å². The summed E-state index contributed by atoms with van der Waals surface area (Å²) in [5.74, 6) is 1.34. The minimum Gasteiger partial charge on any atom is -0.493 e. The Balaban J connectivity index is 3.24. The molecule has 5 nitrogen and oxygen atoms in total. The van der Waals surface area contributed by atoms with E-state index < -0.39 is 24.1 Å². The van der Waals surface area contributed by atoms with E-state index in [2.05, 4.69) is 38.3 Å². The molecule has 0 aliphatic carbocycles. The Labute approximate surface area is 187 Å². The highest BCUT2D eigenvalue weighted by Gasteiger charge is 2.36. The van der Waals surface area contributed by atoms with Gasteiger partial charge in [0.15, 0.2) is 19.8 Å². The molecule has 172 valence electrons. The molecule has 0 saturated carbocycles. The fourth-order valence-corrected chi connectivity index (χ4v) is 3.93. The summed E-state index contributed by atoms with van der Waals surface area (Å²) >= 11 is 0. The van der Waals surface area contributed by atoms with Gasteiger partial charge in [0, 0.05) is 18.4 Å². The molecular formula is C23H41NO4SSi. The Kier molecular flexibility index (Phi) is 9.33. The molecule has 0 aromatic heterocycles. The fraction of sp³-hybridized carbons (Fsp3) is 0.696. The maximum absolute atomic E-state index is 12.4. The van der Waals surface area contributed by atoms with Crippen LogP contribution in [0, 0.1) is 0 Å². The van der Waals surface area contributed by atoms with Crippen LogP contribution >= 0.6 is 0 Å². The van der Waals surface area contributed by atoms with Crippen LogP contribution in [0.25, 0.3) is 0 Å². The van der Waals surface area contributed by atoms with Gasteiger partial charge < -0.3 is 13.9 Å². The summed E-state index contributed by atoms with van der Waals surface area (Å²) in [5.41, 5.74) is 1.92. The van der Waals surface area contributed by atoms with Crippen LogP contribution in [0.2, 0.25) is 18.1 Å². The Morgan fingerprint density at radius 2 is 1.70 bits per heavy atom. The first-order valence-corrected chi connectivity index (χ1v) is 14.6. The van der Waals surface area contributed by atoms with Crippen LogP contribution in [0.15, 0.2) is 16.5 Å². The molecule has 1 aromatic carbocycles. The van der Waals surface area contributed by atoms with Gasteiger partial charge in [-0.25, -0.2) is 4.21 Å². The maximum atomic E-state index is 12.4. The molecule has 0 amide bonds. The van der Waals surface area contributed by atoms with Gasteiger partial charge in [-0.1, -0.05) is 20.8 Å². The molecule has 0 radical (unpaired) electrons. The third-order valence-electron chi connectivity index (χ3n) is 5.24. The lowest BCUT2D eigenvalue weighted by atomic mass is 10.0. The molecule has 1 aromatic rings. The molecule has 0 spiro atoms. The number of methoxy groups -OCH3 is 1. The summed E-state index contributed by atoms with van der Waals surface area (Å²) in [5, 5.41) is 0.160. The van der Waals surface area contributed by atoms with Gasteiger partial charge in [-0.3, -0.25) is 0 Å². The SMILES string of the molecule is COc1cc(CCO[Si](C)(C)C(C)(C)C)c(/C=N/S(=O)C(C)(C)C)cc1OC(C)C. The van der Waals surface area contributed by atoms with Crippen molar-refractivity contribution in [2.75, 3.05) is 13.7 Å². The van der Waals surface area contributed by atoms with E-state index >= 15 is 0 Å². The monoisotopic (exact) mass is 455 g/mol. The molecule has 1 atom stereocenters. The van der Waals surface area contributed by atoms with Crippen molar-refractivity contribution in [3.63, 3.8) is 0 Å². The van der Waals surface area contributed by atoms with E-state index in [1.54, 1.807) is 13.3 Å². The fourth-order valence-electron chi connectivity index (χ4n) is 2.36. The number of rotatable bonds is 9. The molecule has 0 fully saturated rings. The number of hydrogen-bond donors (Lipinski definition) is 0. The van der Waals surface area contributed by atoms with Crippen molar-refractivity contribution in [2.24, 2.45) is 4.40 Å². The minimum atomic E-state index is -1.83. The molecule has 1 rings (SSSR count). The molecule has 0 heterocycles. The van der Waals surface area contributed by atoms with Crippen LogP contribution in [0.4, 0.5) is 0 Å². The zero-order valence-corrected chi connectivity index (χ0v) is 22.5. The minimum absolute atomic E-state index is 0.0140. The standard InChI is InChI=1S/C23H41NO4SSi/c1-17(2)28-21-15-19(16-24-29(25)22(3,4)5)18(14-20(21)26-9)12-13-27-30(10,11)23(6,7)8/h14-17H,12-13H2,1-11H3/b24-16+. The van der Waals surface area contributed by atoms with Crippen molar-refractivity contribution >= 4 is 25.5 Å². The summed E-state index contributed by atoms with van der Waals surface area (Å²) < 4.78 is 34.2.